The molecule has 0 N–H and O–H groups in total. The maximum Gasteiger partial charge on any atom is 0.393 e. The van der Waals surface area contributed by atoms with E-state index in [1.807, 2.05) is 6.08 Å². The SMILES string of the molecule is C=CCCC1CCC(C2CCC(c3cc(F)c(CC(F)(F)F)c(F)c3)CC2)CC1. The Morgan fingerprint density at radius 2 is 1.38 bits per heavy atom. The lowest BCUT2D eigenvalue weighted by molar-refractivity contribution is -0.128. The fourth-order valence-corrected chi connectivity index (χ4v) is 5.45. The summed E-state index contributed by atoms with van der Waals surface area (Å²) in [5.41, 5.74) is -0.361. The van der Waals surface area contributed by atoms with Gasteiger partial charge < -0.3 is 0 Å². The van der Waals surface area contributed by atoms with E-state index in [1.165, 1.54) is 32.1 Å². The number of alkyl halides is 3. The zero-order valence-corrected chi connectivity index (χ0v) is 16.9. The first-order valence-electron chi connectivity index (χ1n) is 10.9. The lowest BCUT2D eigenvalue weighted by atomic mass is 9.68. The lowest BCUT2D eigenvalue weighted by Crippen LogP contribution is -2.25. The van der Waals surface area contributed by atoms with Gasteiger partial charge in [0.15, 0.2) is 0 Å². The first-order valence-corrected chi connectivity index (χ1v) is 10.9. The molecule has 0 atom stereocenters. The fraction of sp³-hybridized carbons (Fsp3) is 0.667. The van der Waals surface area contributed by atoms with Crippen molar-refractivity contribution in [1.29, 1.82) is 0 Å². The minimum absolute atomic E-state index is 0.0408. The van der Waals surface area contributed by atoms with Crippen molar-refractivity contribution in [3.05, 3.63) is 47.5 Å². The monoisotopic (exact) mass is 414 g/mol. The van der Waals surface area contributed by atoms with Gasteiger partial charge in [-0.1, -0.05) is 18.9 Å². The molecule has 0 spiro atoms. The zero-order valence-electron chi connectivity index (χ0n) is 16.9. The molecule has 1 aromatic carbocycles. The molecule has 0 saturated heterocycles. The summed E-state index contributed by atoms with van der Waals surface area (Å²) in [6.07, 6.45) is 7.06. The summed E-state index contributed by atoms with van der Waals surface area (Å²) in [5, 5.41) is 0. The molecule has 0 bridgehead atoms. The third-order valence-corrected chi connectivity index (χ3v) is 7.12. The van der Waals surface area contributed by atoms with E-state index in [9.17, 15) is 22.0 Å². The molecule has 0 aromatic heterocycles. The van der Waals surface area contributed by atoms with Crippen LogP contribution in [0.2, 0.25) is 0 Å². The Bertz CT molecular complexity index is 654. The maximum absolute atomic E-state index is 14.1. The second-order valence-electron chi connectivity index (χ2n) is 9.01. The second kappa shape index (κ2) is 9.61. The van der Waals surface area contributed by atoms with Gasteiger partial charge in [-0.2, -0.15) is 13.2 Å². The van der Waals surface area contributed by atoms with E-state index in [0.29, 0.717) is 11.5 Å². The molecule has 2 aliphatic rings. The zero-order chi connectivity index (χ0) is 21.0. The normalized spacial score (nSPS) is 28.3. The Labute approximate surface area is 170 Å². The Balaban J connectivity index is 1.54. The van der Waals surface area contributed by atoms with Gasteiger partial charge in [0.2, 0.25) is 0 Å². The van der Waals surface area contributed by atoms with Crippen molar-refractivity contribution in [2.75, 3.05) is 0 Å². The number of rotatable bonds is 6. The Hall–Kier alpha value is -1.39. The van der Waals surface area contributed by atoms with Crippen molar-refractivity contribution < 1.29 is 22.0 Å². The highest BCUT2D eigenvalue weighted by molar-refractivity contribution is 5.29. The van der Waals surface area contributed by atoms with Crippen LogP contribution < -0.4 is 0 Å². The summed E-state index contributed by atoms with van der Waals surface area (Å²) in [7, 11) is 0. The molecule has 29 heavy (non-hydrogen) atoms. The Kier molecular flexibility index (Phi) is 7.39. The Morgan fingerprint density at radius 3 is 1.86 bits per heavy atom. The van der Waals surface area contributed by atoms with Crippen LogP contribution in [0.3, 0.4) is 0 Å². The molecule has 3 rings (SSSR count). The molecule has 1 aromatic rings. The third kappa shape index (κ3) is 6.05. The average Bonchev–Trinajstić information content (AvgIpc) is 2.69. The van der Waals surface area contributed by atoms with E-state index in [1.54, 1.807) is 0 Å². The number of halogens is 5. The van der Waals surface area contributed by atoms with E-state index in [0.717, 1.165) is 56.1 Å². The molecule has 2 fully saturated rings. The maximum atomic E-state index is 14.1. The van der Waals surface area contributed by atoms with E-state index in [4.69, 9.17) is 0 Å². The van der Waals surface area contributed by atoms with Crippen LogP contribution >= 0.6 is 0 Å². The summed E-state index contributed by atoms with van der Waals surface area (Å²) in [5.74, 6) is 0.139. The summed E-state index contributed by atoms with van der Waals surface area (Å²) in [4.78, 5) is 0. The van der Waals surface area contributed by atoms with Crippen molar-refractivity contribution in [3.63, 3.8) is 0 Å². The summed E-state index contributed by atoms with van der Waals surface area (Å²) < 4.78 is 65.9. The highest BCUT2D eigenvalue weighted by atomic mass is 19.4. The quantitative estimate of drug-likeness (QED) is 0.326. The minimum Gasteiger partial charge on any atom is -0.207 e. The van der Waals surface area contributed by atoms with Crippen molar-refractivity contribution in [1.82, 2.24) is 0 Å². The van der Waals surface area contributed by atoms with E-state index >= 15 is 0 Å². The molecule has 0 heterocycles. The van der Waals surface area contributed by atoms with Crippen LogP contribution in [0.25, 0.3) is 0 Å². The Morgan fingerprint density at radius 1 is 0.862 bits per heavy atom. The molecule has 2 saturated carbocycles. The predicted octanol–water partition coefficient (Wildman–Crippen LogP) is 8.12. The second-order valence-corrected chi connectivity index (χ2v) is 9.01. The standard InChI is InChI=1S/C24H31F5/c1-2-3-4-16-5-7-17(8-6-16)18-9-11-19(12-10-18)20-13-22(25)21(23(26)14-20)15-24(27,28)29/h2,13-14,16-19H,1,3-12,15H2. The fourth-order valence-electron chi connectivity index (χ4n) is 5.45. The molecular weight excluding hydrogens is 383 g/mol. The van der Waals surface area contributed by atoms with Gasteiger partial charge in [0, 0.05) is 5.56 Å². The number of hydrogen-bond donors (Lipinski definition) is 0. The summed E-state index contributed by atoms with van der Waals surface area (Å²) in [6.45, 7) is 3.80. The number of allylic oxidation sites excluding steroid dienone is 1. The van der Waals surface area contributed by atoms with Gasteiger partial charge in [-0.3, -0.25) is 0 Å². The molecular formula is C24H31F5. The largest absolute Gasteiger partial charge is 0.393 e. The molecule has 0 nitrogen and oxygen atoms in total. The van der Waals surface area contributed by atoms with Crippen LogP contribution in [0.4, 0.5) is 22.0 Å². The van der Waals surface area contributed by atoms with Crippen LogP contribution in [0.15, 0.2) is 24.8 Å². The molecule has 0 unspecified atom stereocenters. The van der Waals surface area contributed by atoms with Gasteiger partial charge in [-0.05, 0) is 92.7 Å². The van der Waals surface area contributed by atoms with Crippen molar-refractivity contribution >= 4 is 0 Å². The molecule has 2 aliphatic carbocycles. The van der Waals surface area contributed by atoms with Crippen molar-refractivity contribution in [2.45, 2.75) is 82.7 Å². The molecule has 0 amide bonds. The minimum atomic E-state index is -4.62. The van der Waals surface area contributed by atoms with Gasteiger partial charge in [0.05, 0.1) is 6.42 Å². The van der Waals surface area contributed by atoms with Gasteiger partial charge >= 0.3 is 6.18 Å². The smallest absolute Gasteiger partial charge is 0.207 e. The lowest BCUT2D eigenvalue weighted by Gasteiger charge is -2.38. The molecule has 162 valence electrons. The van der Waals surface area contributed by atoms with Crippen LogP contribution in [0.5, 0.6) is 0 Å². The number of benzene rings is 1. The van der Waals surface area contributed by atoms with Crippen LogP contribution in [0, 0.1) is 29.4 Å². The van der Waals surface area contributed by atoms with Gasteiger partial charge in [-0.25, -0.2) is 8.78 Å². The molecule has 0 aliphatic heterocycles. The highest BCUT2D eigenvalue weighted by Gasteiger charge is 2.33. The summed E-state index contributed by atoms with van der Waals surface area (Å²) in [6, 6.07) is 2.25. The molecule has 5 heteroatoms. The van der Waals surface area contributed by atoms with E-state index in [2.05, 4.69) is 6.58 Å². The van der Waals surface area contributed by atoms with Crippen molar-refractivity contribution in [2.24, 2.45) is 17.8 Å². The summed E-state index contributed by atoms with van der Waals surface area (Å²) >= 11 is 0. The van der Waals surface area contributed by atoms with Crippen LogP contribution in [-0.4, -0.2) is 6.18 Å². The van der Waals surface area contributed by atoms with Gasteiger partial charge in [0.1, 0.15) is 11.6 Å². The van der Waals surface area contributed by atoms with Crippen LogP contribution in [-0.2, 0) is 6.42 Å². The van der Waals surface area contributed by atoms with Crippen molar-refractivity contribution in [3.8, 4) is 0 Å². The third-order valence-electron chi connectivity index (χ3n) is 7.12. The average molecular weight is 415 g/mol. The number of hydrogen-bond acceptors (Lipinski definition) is 0. The van der Waals surface area contributed by atoms with Gasteiger partial charge in [0.25, 0.3) is 0 Å². The van der Waals surface area contributed by atoms with Crippen LogP contribution in [0.1, 0.15) is 81.3 Å². The van der Waals surface area contributed by atoms with E-state index in [-0.39, 0.29) is 5.92 Å². The highest BCUT2D eigenvalue weighted by Crippen LogP contribution is 2.45. The molecule has 0 radical (unpaired) electrons. The predicted molar refractivity (Wildman–Crippen MR) is 106 cm³/mol. The topological polar surface area (TPSA) is 0 Å². The first kappa shape index (κ1) is 22.3. The van der Waals surface area contributed by atoms with Gasteiger partial charge in [-0.15, -0.1) is 6.58 Å². The first-order chi connectivity index (χ1) is 13.8. The van der Waals surface area contributed by atoms with E-state index < -0.39 is 29.8 Å².